The standard InChI is InChI=1S/C12H12FN3O2/c1-2-18-12(17)8-7-15-16(11(8)14)10-6-4-3-5-9(10)13/h3-7H,2,14H2,1H3. The third kappa shape index (κ3) is 2.04. The lowest BCUT2D eigenvalue weighted by Crippen LogP contribution is -2.09. The highest BCUT2D eigenvalue weighted by molar-refractivity contribution is 5.94. The van der Waals surface area contributed by atoms with E-state index in [0.717, 1.165) is 0 Å². The van der Waals surface area contributed by atoms with Gasteiger partial charge in [0.05, 0.1) is 12.8 Å². The summed E-state index contributed by atoms with van der Waals surface area (Å²) in [4.78, 5) is 11.5. The number of halogens is 1. The van der Waals surface area contributed by atoms with Gasteiger partial charge in [0.1, 0.15) is 22.9 Å². The van der Waals surface area contributed by atoms with Crippen molar-refractivity contribution in [3.63, 3.8) is 0 Å². The zero-order valence-corrected chi connectivity index (χ0v) is 9.76. The highest BCUT2D eigenvalue weighted by atomic mass is 19.1. The van der Waals surface area contributed by atoms with Crippen molar-refractivity contribution in [3.05, 3.63) is 41.8 Å². The molecule has 1 aromatic heterocycles. The SMILES string of the molecule is CCOC(=O)c1cnn(-c2ccccc2F)c1N. The molecule has 0 spiro atoms. The van der Waals surface area contributed by atoms with E-state index in [2.05, 4.69) is 5.10 Å². The summed E-state index contributed by atoms with van der Waals surface area (Å²) in [7, 11) is 0. The predicted octanol–water partition coefficient (Wildman–Crippen LogP) is 1.77. The van der Waals surface area contributed by atoms with Crippen molar-refractivity contribution in [2.24, 2.45) is 0 Å². The topological polar surface area (TPSA) is 70.1 Å². The van der Waals surface area contributed by atoms with E-state index in [0.29, 0.717) is 0 Å². The average Bonchev–Trinajstić information content (AvgIpc) is 2.72. The summed E-state index contributed by atoms with van der Waals surface area (Å²) in [5, 5.41) is 3.90. The van der Waals surface area contributed by atoms with E-state index in [4.69, 9.17) is 10.5 Å². The van der Waals surface area contributed by atoms with E-state index in [-0.39, 0.29) is 23.7 Å². The Morgan fingerprint density at radius 2 is 2.22 bits per heavy atom. The normalized spacial score (nSPS) is 10.3. The van der Waals surface area contributed by atoms with Crippen molar-refractivity contribution in [2.45, 2.75) is 6.92 Å². The maximum Gasteiger partial charge on any atom is 0.343 e. The van der Waals surface area contributed by atoms with Crippen LogP contribution in [0.3, 0.4) is 0 Å². The summed E-state index contributed by atoms with van der Waals surface area (Å²) in [6, 6.07) is 6.03. The molecule has 5 nitrogen and oxygen atoms in total. The Bertz CT molecular complexity index is 580. The molecular weight excluding hydrogens is 237 g/mol. The van der Waals surface area contributed by atoms with Gasteiger partial charge in [0.2, 0.25) is 0 Å². The molecular formula is C12H12FN3O2. The number of nitrogens with zero attached hydrogens (tertiary/aromatic N) is 2. The van der Waals surface area contributed by atoms with Crippen LogP contribution < -0.4 is 5.73 Å². The first-order valence-corrected chi connectivity index (χ1v) is 5.40. The molecule has 0 bridgehead atoms. The molecule has 0 saturated heterocycles. The number of anilines is 1. The predicted molar refractivity (Wildman–Crippen MR) is 63.9 cm³/mol. The fourth-order valence-electron chi connectivity index (χ4n) is 1.54. The Balaban J connectivity index is 2.43. The number of aromatic nitrogens is 2. The minimum Gasteiger partial charge on any atom is -0.462 e. The Labute approximate surface area is 103 Å². The molecule has 0 aliphatic heterocycles. The van der Waals surface area contributed by atoms with Crippen LogP contribution in [-0.4, -0.2) is 22.4 Å². The minimum absolute atomic E-state index is 0.0542. The smallest absolute Gasteiger partial charge is 0.343 e. The van der Waals surface area contributed by atoms with Crippen LogP contribution in [0.1, 0.15) is 17.3 Å². The lowest BCUT2D eigenvalue weighted by Gasteiger charge is -2.05. The van der Waals surface area contributed by atoms with E-state index >= 15 is 0 Å². The van der Waals surface area contributed by atoms with E-state index in [1.165, 1.54) is 23.0 Å². The van der Waals surface area contributed by atoms with Crippen LogP contribution in [0.5, 0.6) is 0 Å². The van der Waals surface area contributed by atoms with Gasteiger partial charge in [-0.2, -0.15) is 5.10 Å². The van der Waals surface area contributed by atoms with Gasteiger partial charge in [-0.1, -0.05) is 12.1 Å². The lowest BCUT2D eigenvalue weighted by molar-refractivity contribution is 0.0527. The van der Waals surface area contributed by atoms with Crippen LogP contribution in [0.15, 0.2) is 30.5 Å². The van der Waals surface area contributed by atoms with E-state index in [9.17, 15) is 9.18 Å². The summed E-state index contributed by atoms with van der Waals surface area (Å²) in [5.41, 5.74) is 6.08. The molecule has 2 N–H and O–H groups in total. The molecule has 18 heavy (non-hydrogen) atoms. The van der Waals surface area contributed by atoms with Crippen LogP contribution >= 0.6 is 0 Å². The van der Waals surface area contributed by atoms with Crippen molar-refractivity contribution < 1.29 is 13.9 Å². The zero-order valence-electron chi connectivity index (χ0n) is 9.76. The molecule has 0 aliphatic rings. The first-order valence-electron chi connectivity index (χ1n) is 5.40. The summed E-state index contributed by atoms with van der Waals surface area (Å²) < 4.78 is 19.6. The van der Waals surface area contributed by atoms with Gasteiger partial charge in [0.25, 0.3) is 0 Å². The number of hydrogen-bond acceptors (Lipinski definition) is 4. The number of carbonyl (C=O) groups is 1. The molecule has 0 unspecified atom stereocenters. The summed E-state index contributed by atoms with van der Waals surface area (Å²) in [6.07, 6.45) is 1.26. The maximum atomic E-state index is 13.6. The fraction of sp³-hybridized carbons (Fsp3) is 0.167. The molecule has 0 amide bonds. The number of esters is 1. The second-order valence-corrected chi connectivity index (χ2v) is 3.53. The highest BCUT2D eigenvalue weighted by Gasteiger charge is 2.18. The van der Waals surface area contributed by atoms with E-state index in [1.54, 1.807) is 19.1 Å². The van der Waals surface area contributed by atoms with Crippen molar-refractivity contribution in [2.75, 3.05) is 12.3 Å². The first-order chi connectivity index (χ1) is 8.65. The van der Waals surface area contributed by atoms with Gasteiger partial charge in [-0.3, -0.25) is 0 Å². The van der Waals surface area contributed by atoms with Gasteiger partial charge >= 0.3 is 5.97 Å². The third-order valence-electron chi connectivity index (χ3n) is 2.38. The summed E-state index contributed by atoms with van der Waals surface area (Å²) in [5.74, 6) is -0.987. The Hall–Kier alpha value is -2.37. The summed E-state index contributed by atoms with van der Waals surface area (Å²) in [6.45, 7) is 1.93. The third-order valence-corrected chi connectivity index (χ3v) is 2.38. The molecule has 94 valence electrons. The van der Waals surface area contributed by atoms with Gasteiger partial charge in [-0.05, 0) is 19.1 Å². The minimum atomic E-state index is -0.572. The van der Waals surface area contributed by atoms with Crippen molar-refractivity contribution >= 4 is 11.8 Å². The highest BCUT2D eigenvalue weighted by Crippen LogP contribution is 2.19. The molecule has 1 aromatic carbocycles. The lowest BCUT2D eigenvalue weighted by atomic mass is 10.3. The molecule has 2 aromatic rings. The monoisotopic (exact) mass is 249 g/mol. The largest absolute Gasteiger partial charge is 0.462 e. The number of nitrogens with two attached hydrogens (primary N) is 1. The van der Waals surface area contributed by atoms with Gasteiger partial charge in [0.15, 0.2) is 0 Å². The van der Waals surface area contributed by atoms with Crippen molar-refractivity contribution in [1.29, 1.82) is 0 Å². The average molecular weight is 249 g/mol. The van der Waals surface area contributed by atoms with Gasteiger partial charge in [-0.25, -0.2) is 13.9 Å². The van der Waals surface area contributed by atoms with Crippen molar-refractivity contribution in [3.8, 4) is 5.69 Å². The molecule has 0 fully saturated rings. The molecule has 1 heterocycles. The Morgan fingerprint density at radius 3 is 2.89 bits per heavy atom. The van der Waals surface area contributed by atoms with Gasteiger partial charge in [-0.15, -0.1) is 0 Å². The molecule has 2 rings (SSSR count). The molecule has 0 saturated carbocycles. The van der Waals surface area contributed by atoms with Crippen LogP contribution in [0, 0.1) is 5.82 Å². The number of ether oxygens (including phenoxy) is 1. The molecule has 0 radical (unpaired) electrons. The quantitative estimate of drug-likeness (QED) is 0.841. The maximum absolute atomic E-state index is 13.6. The first kappa shape index (κ1) is 12.1. The van der Waals surface area contributed by atoms with Gasteiger partial charge < -0.3 is 10.5 Å². The van der Waals surface area contributed by atoms with Crippen molar-refractivity contribution in [1.82, 2.24) is 9.78 Å². The van der Waals surface area contributed by atoms with Gasteiger partial charge in [0, 0.05) is 0 Å². The number of nitrogen functional groups attached to an aromatic ring is 1. The molecule has 6 heteroatoms. The molecule has 0 aliphatic carbocycles. The number of rotatable bonds is 3. The van der Waals surface area contributed by atoms with E-state index in [1.807, 2.05) is 0 Å². The second-order valence-electron chi connectivity index (χ2n) is 3.53. The number of benzene rings is 1. The number of para-hydroxylation sites is 1. The second kappa shape index (κ2) is 4.87. The Kier molecular flexibility index (Phi) is 3.27. The number of hydrogen-bond donors (Lipinski definition) is 1. The van der Waals surface area contributed by atoms with Crippen LogP contribution in [0.2, 0.25) is 0 Å². The summed E-state index contributed by atoms with van der Waals surface area (Å²) >= 11 is 0. The fourth-order valence-corrected chi connectivity index (χ4v) is 1.54. The van der Waals surface area contributed by atoms with Crippen LogP contribution in [-0.2, 0) is 4.74 Å². The molecule has 0 atom stereocenters. The Morgan fingerprint density at radius 1 is 1.50 bits per heavy atom. The zero-order chi connectivity index (χ0) is 13.1. The number of carbonyl (C=O) groups excluding carboxylic acids is 1. The van der Waals surface area contributed by atoms with E-state index < -0.39 is 11.8 Å². The van der Waals surface area contributed by atoms with Crippen LogP contribution in [0.25, 0.3) is 5.69 Å². The van der Waals surface area contributed by atoms with Crippen LogP contribution in [0.4, 0.5) is 10.2 Å².